The van der Waals surface area contributed by atoms with Crippen molar-refractivity contribution in [1.29, 1.82) is 0 Å². The summed E-state index contributed by atoms with van der Waals surface area (Å²) in [5, 5.41) is 3.87. The van der Waals surface area contributed by atoms with Crippen molar-refractivity contribution in [2.75, 3.05) is 18.0 Å². The summed E-state index contributed by atoms with van der Waals surface area (Å²) in [6.45, 7) is 2.71. The molecular formula is C27H25N5O2S. The molecule has 35 heavy (non-hydrogen) atoms. The van der Waals surface area contributed by atoms with Gasteiger partial charge in [0.2, 0.25) is 0 Å². The number of pyridine rings is 2. The van der Waals surface area contributed by atoms with Gasteiger partial charge < -0.3 is 14.8 Å². The number of nitrogens with zero attached hydrogens (tertiary/aromatic N) is 4. The van der Waals surface area contributed by atoms with Crippen LogP contribution in [0, 0.1) is 5.92 Å². The van der Waals surface area contributed by atoms with E-state index in [9.17, 15) is 9.59 Å². The highest BCUT2D eigenvalue weighted by molar-refractivity contribution is 7.18. The van der Waals surface area contributed by atoms with E-state index in [0.29, 0.717) is 23.0 Å². The van der Waals surface area contributed by atoms with E-state index in [2.05, 4.69) is 21.3 Å². The highest BCUT2D eigenvalue weighted by Crippen LogP contribution is 2.40. The lowest BCUT2D eigenvalue weighted by Gasteiger charge is -2.42. The topological polar surface area (TPSA) is 80.1 Å². The molecule has 0 aliphatic carbocycles. The first-order chi connectivity index (χ1) is 17.2. The third kappa shape index (κ3) is 4.25. The molecule has 5 heterocycles. The van der Waals surface area contributed by atoms with Crippen molar-refractivity contribution < 1.29 is 4.79 Å². The largest absolute Gasteiger partial charge is 0.347 e. The first-order valence-corrected chi connectivity index (χ1v) is 12.7. The summed E-state index contributed by atoms with van der Waals surface area (Å²) in [4.78, 5) is 37.8. The third-order valence-electron chi connectivity index (χ3n) is 6.78. The Balaban J connectivity index is 1.31. The van der Waals surface area contributed by atoms with E-state index >= 15 is 0 Å². The van der Waals surface area contributed by atoms with Crippen LogP contribution in [0.3, 0.4) is 0 Å². The predicted octanol–water partition coefficient (Wildman–Crippen LogP) is 3.92. The number of aromatic nitrogens is 3. The van der Waals surface area contributed by atoms with Crippen LogP contribution in [0.5, 0.6) is 0 Å². The normalized spacial score (nSPS) is 18.7. The molecule has 2 atom stereocenters. The molecule has 2 aliphatic heterocycles. The molecule has 2 aliphatic rings. The van der Waals surface area contributed by atoms with Crippen molar-refractivity contribution in [1.82, 2.24) is 19.9 Å². The Kier molecular flexibility index (Phi) is 5.66. The maximum Gasteiger partial charge on any atom is 0.264 e. The van der Waals surface area contributed by atoms with Gasteiger partial charge >= 0.3 is 0 Å². The molecular weight excluding hydrogens is 458 g/mol. The molecule has 0 saturated carbocycles. The molecule has 0 spiro atoms. The number of hydrogen-bond donors (Lipinski definition) is 1. The van der Waals surface area contributed by atoms with Crippen LogP contribution in [0.4, 0.5) is 5.13 Å². The number of fused-ring (bicyclic) bond motifs is 4. The molecule has 1 fully saturated rings. The van der Waals surface area contributed by atoms with Crippen molar-refractivity contribution in [3.05, 3.63) is 99.5 Å². The van der Waals surface area contributed by atoms with E-state index in [1.54, 1.807) is 12.3 Å². The Bertz CT molecular complexity index is 1420. The molecule has 8 heteroatoms. The van der Waals surface area contributed by atoms with Crippen LogP contribution in [0.25, 0.3) is 11.3 Å². The molecule has 1 N–H and O–H groups in total. The quantitative estimate of drug-likeness (QED) is 0.465. The van der Waals surface area contributed by atoms with Crippen LogP contribution in [-0.4, -0.2) is 33.5 Å². The van der Waals surface area contributed by atoms with E-state index in [4.69, 9.17) is 4.98 Å². The first kappa shape index (κ1) is 21.7. The zero-order chi connectivity index (χ0) is 23.8. The third-order valence-corrected chi connectivity index (χ3v) is 7.89. The standard InChI is InChI=1S/C27H25N5O2S/c33-23-11-6-10-22-20-13-18(16-32(22)23)15-31(17-20)27-30-24(19-7-2-1-3-8-19)25(35-27)26(34)29-14-21-9-4-5-12-28-21/h1-12,18,20H,13-17H2,(H,29,34)/t18-,20+/m1/s1. The highest BCUT2D eigenvalue weighted by Gasteiger charge is 2.36. The van der Waals surface area contributed by atoms with Gasteiger partial charge in [-0.15, -0.1) is 0 Å². The van der Waals surface area contributed by atoms with Crippen LogP contribution < -0.4 is 15.8 Å². The molecule has 7 nitrogen and oxygen atoms in total. The fourth-order valence-electron chi connectivity index (χ4n) is 5.20. The van der Waals surface area contributed by atoms with E-state index in [1.807, 2.05) is 59.2 Å². The van der Waals surface area contributed by atoms with Crippen LogP contribution >= 0.6 is 11.3 Å². The highest BCUT2D eigenvalue weighted by atomic mass is 32.1. The summed E-state index contributed by atoms with van der Waals surface area (Å²) in [6, 6.07) is 21.1. The average Bonchev–Trinajstić information content (AvgIpc) is 3.35. The van der Waals surface area contributed by atoms with E-state index in [0.717, 1.165) is 48.1 Å². The van der Waals surface area contributed by atoms with Crippen LogP contribution in [0.15, 0.2) is 77.7 Å². The lowest BCUT2D eigenvalue weighted by Crippen LogP contribution is -2.47. The molecule has 1 saturated heterocycles. The van der Waals surface area contributed by atoms with Crippen molar-refractivity contribution in [2.24, 2.45) is 5.92 Å². The molecule has 4 aromatic rings. The number of anilines is 1. The summed E-state index contributed by atoms with van der Waals surface area (Å²) >= 11 is 1.44. The van der Waals surface area contributed by atoms with Gasteiger partial charge in [0.1, 0.15) is 4.88 Å². The molecule has 2 bridgehead atoms. The van der Waals surface area contributed by atoms with Gasteiger partial charge in [0.05, 0.1) is 17.9 Å². The number of rotatable bonds is 5. The van der Waals surface area contributed by atoms with Crippen LogP contribution in [0.1, 0.15) is 33.4 Å². The zero-order valence-corrected chi connectivity index (χ0v) is 19.9. The minimum Gasteiger partial charge on any atom is -0.347 e. The van der Waals surface area contributed by atoms with Crippen molar-refractivity contribution in [3.8, 4) is 11.3 Å². The van der Waals surface area contributed by atoms with Crippen molar-refractivity contribution in [2.45, 2.75) is 25.4 Å². The van der Waals surface area contributed by atoms with Gasteiger partial charge in [-0.3, -0.25) is 14.6 Å². The maximum atomic E-state index is 13.3. The molecule has 0 radical (unpaired) electrons. The Labute approximate surface area is 207 Å². The van der Waals surface area contributed by atoms with E-state index in [-0.39, 0.29) is 17.4 Å². The minimum absolute atomic E-state index is 0.0816. The number of thiazole rings is 1. The second kappa shape index (κ2) is 9.11. The van der Waals surface area contributed by atoms with Crippen LogP contribution in [-0.2, 0) is 13.1 Å². The van der Waals surface area contributed by atoms with Crippen molar-refractivity contribution >= 4 is 22.4 Å². The fraction of sp³-hybridized carbons (Fsp3) is 0.259. The number of piperidine rings is 1. The number of nitrogens with one attached hydrogen (secondary N) is 1. The van der Waals surface area contributed by atoms with Crippen LogP contribution in [0.2, 0.25) is 0 Å². The summed E-state index contributed by atoms with van der Waals surface area (Å²) in [5.74, 6) is 0.515. The zero-order valence-electron chi connectivity index (χ0n) is 19.1. The summed E-state index contributed by atoms with van der Waals surface area (Å²) in [7, 11) is 0. The number of carbonyl (C=O) groups is 1. The summed E-state index contributed by atoms with van der Waals surface area (Å²) in [5.41, 5.74) is 3.62. The second-order valence-electron chi connectivity index (χ2n) is 9.15. The van der Waals surface area contributed by atoms with Gasteiger partial charge in [0.15, 0.2) is 5.13 Å². The Morgan fingerprint density at radius 1 is 1.00 bits per heavy atom. The van der Waals surface area contributed by atoms with Gasteiger partial charge in [-0.05, 0) is 30.5 Å². The molecule has 1 amide bonds. The van der Waals surface area contributed by atoms with Gasteiger partial charge in [0.25, 0.3) is 11.5 Å². The summed E-state index contributed by atoms with van der Waals surface area (Å²) in [6.07, 6.45) is 2.80. The number of amides is 1. The molecule has 176 valence electrons. The molecule has 6 rings (SSSR count). The smallest absolute Gasteiger partial charge is 0.264 e. The molecule has 3 aromatic heterocycles. The maximum absolute atomic E-state index is 13.3. The Hall–Kier alpha value is -3.78. The van der Waals surface area contributed by atoms with Crippen molar-refractivity contribution in [3.63, 3.8) is 0 Å². The SMILES string of the molecule is O=C(NCc1ccccn1)c1sc(N2C[C@H]3C[C@@H](C2)c2cccc(=O)n2C3)nc1-c1ccccc1. The van der Waals surface area contributed by atoms with Gasteiger partial charge in [-0.1, -0.05) is 53.8 Å². The average molecular weight is 484 g/mol. The number of carbonyl (C=O) groups excluding carboxylic acids is 1. The van der Waals surface area contributed by atoms with Gasteiger partial charge in [-0.25, -0.2) is 4.98 Å². The lowest BCUT2D eigenvalue weighted by molar-refractivity contribution is 0.0955. The predicted molar refractivity (Wildman–Crippen MR) is 137 cm³/mol. The molecule has 1 aromatic carbocycles. The Morgan fingerprint density at radius 2 is 1.86 bits per heavy atom. The monoisotopic (exact) mass is 483 g/mol. The first-order valence-electron chi connectivity index (χ1n) is 11.8. The summed E-state index contributed by atoms with van der Waals surface area (Å²) < 4.78 is 1.93. The fourth-order valence-corrected chi connectivity index (χ4v) is 6.22. The van der Waals surface area contributed by atoms with Gasteiger partial charge in [0, 0.05) is 49.1 Å². The number of benzene rings is 1. The Morgan fingerprint density at radius 3 is 2.69 bits per heavy atom. The minimum atomic E-state index is -0.146. The molecule has 0 unspecified atom stereocenters. The number of hydrogen-bond acceptors (Lipinski definition) is 6. The van der Waals surface area contributed by atoms with E-state index < -0.39 is 0 Å². The van der Waals surface area contributed by atoms with Gasteiger partial charge in [-0.2, -0.15) is 0 Å². The van der Waals surface area contributed by atoms with E-state index in [1.165, 1.54) is 11.3 Å². The second-order valence-corrected chi connectivity index (χ2v) is 10.1. The lowest BCUT2D eigenvalue weighted by atomic mass is 9.83.